The van der Waals surface area contributed by atoms with Crippen LogP contribution in [0, 0.1) is 0 Å². The monoisotopic (exact) mass is 312 g/mol. The molecule has 0 radical (unpaired) electrons. The molecule has 1 aromatic heterocycles. The Morgan fingerprint density at radius 3 is 2.65 bits per heavy atom. The van der Waals surface area contributed by atoms with Crippen molar-refractivity contribution in [3.8, 4) is 11.4 Å². The molecule has 1 aromatic carbocycles. The van der Waals surface area contributed by atoms with Crippen molar-refractivity contribution < 1.29 is 9.32 Å². The summed E-state index contributed by atoms with van der Waals surface area (Å²) in [4.78, 5) is 15.4. The number of carbonyl (C=O) groups excluding carboxylic acids is 1. The van der Waals surface area contributed by atoms with Gasteiger partial charge in [-0.05, 0) is 18.2 Å². The molecule has 104 valence electrons. The van der Waals surface area contributed by atoms with Crippen LogP contribution in [0.3, 0.4) is 0 Å². The Kier molecular flexibility index (Phi) is 3.60. The molecule has 1 amide bonds. The molecular weight excluding hydrogens is 303 g/mol. The Hall–Kier alpha value is -1.63. The maximum Gasteiger partial charge on any atom is 0.245 e. The van der Waals surface area contributed by atoms with Gasteiger partial charge in [0.1, 0.15) is 6.04 Å². The molecule has 2 N–H and O–H groups in total. The highest BCUT2D eigenvalue weighted by atomic mass is 35.5. The van der Waals surface area contributed by atoms with Crippen molar-refractivity contribution in [1.29, 1.82) is 0 Å². The highest BCUT2D eigenvalue weighted by molar-refractivity contribution is 6.35. The van der Waals surface area contributed by atoms with Gasteiger partial charge >= 0.3 is 0 Å². The van der Waals surface area contributed by atoms with E-state index in [9.17, 15) is 4.79 Å². The third-order valence-corrected chi connectivity index (χ3v) is 3.31. The highest BCUT2D eigenvalue weighted by Gasteiger charge is 2.24. The Balaban J connectivity index is 1.84. The fourth-order valence-electron chi connectivity index (χ4n) is 1.92. The lowest BCUT2D eigenvalue weighted by Crippen LogP contribution is -2.47. The van der Waals surface area contributed by atoms with Gasteiger partial charge in [0.05, 0.1) is 6.54 Å². The molecule has 0 bridgehead atoms. The van der Waals surface area contributed by atoms with Gasteiger partial charge in [0.2, 0.25) is 17.6 Å². The minimum atomic E-state index is -0.191. The third kappa shape index (κ3) is 2.77. The van der Waals surface area contributed by atoms with Crippen LogP contribution < -0.4 is 10.6 Å². The topological polar surface area (TPSA) is 80.1 Å². The number of amides is 1. The van der Waals surface area contributed by atoms with E-state index < -0.39 is 0 Å². The van der Waals surface area contributed by atoms with E-state index in [0.717, 1.165) is 0 Å². The molecule has 1 unspecified atom stereocenters. The first-order valence-electron chi connectivity index (χ1n) is 5.92. The Morgan fingerprint density at radius 1 is 1.25 bits per heavy atom. The zero-order valence-corrected chi connectivity index (χ0v) is 11.7. The Morgan fingerprint density at radius 2 is 2.00 bits per heavy atom. The number of hydrogen-bond donors (Lipinski definition) is 2. The van der Waals surface area contributed by atoms with Crippen LogP contribution in [0.4, 0.5) is 0 Å². The number of nitrogens with one attached hydrogen (secondary N) is 2. The van der Waals surface area contributed by atoms with Crippen molar-refractivity contribution in [3.63, 3.8) is 0 Å². The van der Waals surface area contributed by atoms with Crippen LogP contribution in [0.5, 0.6) is 0 Å². The van der Waals surface area contributed by atoms with E-state index >= 15 is 0 Å². The van der Waals surface area contributed by atoms with E-state index in [1.54, 1.807) is 18.2 Å². The fourth-order valence-corrected chi connectivity index (χ4v) is 2.44. The van der Waals surface area contributed by atoms with Crippen LogP contribution >= 0.6 is 23.2 Å². The summed E-state index contributed by atoms with van der Waals surface area (Å²) in [5.74, 6) is 0.766. The zero-order chi connectivity index (χ0) is 14.1. The van der Waals surface area contributed by atoms with Gasteiger partial charge < -0.3 is 9.84 Å². The van der Waals surface area contributed by atoms with Crippen LogP contribution in [-0.4, -0.2) is 29.1 Å². The van der Waals surface area contributed by atoms with Crippen LogP contribution in [0.2, 0.25) is 10.0 Å². The fraction of sp³-hybridized carbons (Fsp3) is 0.250. The number of rotatable bonds is 2. The maximum absolute atomic E-state index is 11.1. The average molecular weight is 313 g/mol. The molecular formula is C12H10Cl2N4O2. The van der Waals surface area contributed by atoms with E-state index in [0.29, 0.717) is 33.9 Å². The maximum atomic E-state index is 11.1. The zero-order valence-electron chi connectivity index (χ0n) is 10.2. The largest absolute Gasteiger partial charge is 0.353 e. The van der Waals surface area contributed by atoms with Crippen LogP contribution in [0.15, 0.2) is 22.7 Å². The first kappa shape index (κ1) is 13.4. The average Bonchev–Trinajstić information content (AvgIpc) is 2.88. The molecule has 0 aliphatic carbocycles. The molecule has 8 heteroatoms. The minimum Gasteiger partial charge on any atom is -0.353 e. The van der Waals surface area contributed by atoms with Crippen molar-refractivity contribution in [2.24, 2.45) is 0 Å². The summed E-state index contributed by atoms with van der Waals surface area (Å²) in [5, 5.41) is 10.6. The second-order valence-corrected chi connectivity index (χ2v) is 5.22. The van der Waals surface area contributed by atoms with Crippen molar-refractivity contribution >= 4 is 29.1 Å². The van der Waals surface area contributed by atoms with Gasteiger partial charge in [0.15, 0.2) is 0 Å². The van der Waals surface area contributed by atoms with E-state index in [1.165, 1.54) is 0 Å². The van der Waals surface area contributed by atoms with Gasteiger partial charge in [0, 0.05) is 22.2 Å². The Bertz CT molecular complexity index is 628. The number of halogens is 2. The molecule has 1 saturated heterocycles. The normalized spacial score (nSPS) is 18.9. The molecule has 1 fully saturated rings. The number of carbonyl (C=O) groups is 1. The van der Waals surface area contributed by atoms with Crippen LogP contribution in [0.25, 0.3) is 11.4 Å². The summed E-state index contributed by atoms with van der Waals surface area (Å²) in [6, 6.07) is 4.85. The molecule has 6 nitrogen and oxygen atoms in total. The molecule has 1 aliphatic heterocycles. The quantitative estimate of drug-likeness (QED) is 0.884. The second kappa shape index (κ2) is 5.40. The third-order valence-electron chi connectivity index (χ3n) is 2.87. The van der Waals surface area contributed by atoms with Crippen molar-refractivity contribution in [3.05, 3.63) is 34.1 Å². The predicted molar refractivity (Wildman–Crippen MR) is 73.5 cm³/mol. The number of nitrogens with zero attached hydrogens (tertiary/aromatic N) is 2. The van der Waals surface area contributed by atoms with Gasteiger partial charge in [-0.2, -0.15) is 4.98 Å². The molecule has 20 heavy (non-hydrogen) atoms. The van der Waals surface area contributed by atoms with Gasteiger partial charge in [0.25, 0.3) is 0 Å². The van der Waals surface area contributed by atoms with E-state index in [-0.39, 0.29) is 18.5 Å². The lowest BCUT2D eigenvalue weighted by Gasteiger charge is -2.20. The summed E-state index contributed by atoms with van der Waals surface area (Å²) < 4.78 is 5.21. The van der Waals surface area contributed by atoms with Crippen molar-refractivity contribution in [1.82, 2.24) is 20.8 Å². The SMILES string of the molecule is O=C1CNC(c2nc(-c3cc(Cl)cc(Cl)c3)no2)CN1. The first-order valence-corrected chi connectivity index (χ1v) is 6.67. The smallest absolute Gasteiger partial charge is 0.245 e. The molecule has 3 rings (SSSR count). The van der Waals surface area contributed by atoms with E-state index in [4.69, 9.17) is 27.7 Å². The van der Waals surface area contributed by atoms with Crippen LogP contribution in [-0.2, 0) is 4.79 Å². The number of aromatic nitrogens is 2. The van der Waals surface area contributed by atoms with Crippen molar-refractivity contribution in [2.75, 3.05) is 13.1 Å². The predicted octanol–water partition coefficient (Wildman–Crippen LogP) is 1.80. The molecule has 0 spiro atoms. The Labute approximate surface area is 124 Å². The van der Waals surface area contributed by atoms with Crippen LogP contribution in [0.1, 0.15) is 11.9 Å². The molecule has 1 aliphatic rings. The van der Waals surface area contributed by atoms with Crippen molar-refractivity contribution in [2.45, 2.75) is 6.04 Å². The molecule has 2 heterocycles. The summed E-state index contributed by atoms with van der Waals surface area (Å²) in [5.41, 5.74) is 0.678. The standard InChI is InChI=1S/C12H10Cl2N4O2/c13-7-1-6(2-8(14)3-7)11-17-12(20-18-11)9-4-16-10(19)5-15-9/h1-3,9,15H,4-5H2,(H,16,19). The lowest BCUT2D eigenvalue weighted by molar-refractivity contribution is -0.121. The molecule has 0 saturated carbocycles. The summed E-state index contributed by atoms with van der Waals surface area (Å²) in [6.45, 7) is 0.641. The van der Waals surface area contributed by atoms with E-state index in [1.807, 2.05) is 0 Å². The first-order chi connectivity index (χ1) is 9.61. The lowest BCUT2D eigenvalue weighted by atomic mass is 10.2. The second-order valence-electron chi connectivity index (χ2n) is 4.35. The number of hydrogen-bond acceptors (Lipinski definition) is 5. The highest BCUT2D eigenvalue weighted by Crippen LogP contribution is 2.26. The summed E-state index contributed by atoms with van der Waals surface area (Å²) in [7, 11) is 0. The van der Waals surface area contributed by atoms with Gasteiger partial charge in [-0.25, -0.2) is 0 Å². The minimum absolute atomic E-state index is 0.0531. The van der Waals surface area contributed by atoms with E-state index in [2.05, 4.69) is 20.8 Å². The van der Waals surface area contributed by atoms with Gasteiger partial charge in [-0.15, -0.1) is 0 Å². The molecule has 2 aromatic rings. The summed E-state index contributed by atoms with van der Waals surface area (Å²) in [6.07, 6.45) is 0. The molecule has 1 atom stereocenters. The number of benzene rings is 1. The summed E-state index contributed by atoms with van der Waals surface area (Å²) >= 11 is 11.9. The van der Waals surface area contributed by atoms with Gasteiger partial charge in [-0.3, -0.25) is 10.1 Å². The number of piperazine rings is 1. The van der Waals surface area contributed by atoms with Gasteiger partial charge in [-0.1, -0.05) is 28.4 Å².